The summed E-state index contributed by atoms with van der Waals surface area (Å²) in [6.45, 7) is 0.278. The second-order valence-corrected chi connectivity index (χ2v) is 5.32. The first-order valence-electron chi connectivity index (χ1n) is 6.96. The molecular weight excluding hydrogens is 272 g/mol. The summed E-state index contributed by atoms with van der Waals surface area (Å²) in [5, 5.41) is 7.02. The van der Waals surface area contributed by atoms with Crippen LogP contribution in [0.1, 0.15) is 19.3 Å². The number of aromatic nitrogens is 3. The maximum absolute atomic E-state index is 12.3. The molecule has 1 saturated carbocycles. The van der Waals surface area contributed by atoms with Crippen molar-refractivity contribution < 1.29 is 9.21 Å². The number of carbonyl (C=O) groups excluding carboxylic acids is 1. The summed E-state index contributed by atoms with van der Waals surface area (Å²) in [4.78, 5) is 24.0. The molecule has 7 heteroatoms. The van der Waals surface area contributed by atoms with E-state index in [1.807, 2.05) is 0 Å². The van der Waals surface area contributed by atoms with Gasteiger partial charge in [0.2, 0.25) is 5.91 Å². The molecule has 7 nitrogen and oxygen atoms in total. The second-order valence-electron chi connectivity index (χ2n) is 5.32. The summed E-state index contributed by atoms with van der Waals surface area (Å²) in [6.07, 6.45) is 5.52. The molecule has 0 aliphatic heterocycles. The van der Waals surface area contributed by atoms with E-state index in [4.69, 9.17) is 4.42 Å². The van der Waals surface area contributed by atoms with Crippen LogP contribution in [-0.4, -0.2) is 26.1 Å². The van der Waals surface area contributed by atoms with Gasteiger partial charge in [-0.1, -0.05) is 0 Å². The van der Waals surface area contributed by atoms with Gasteiger partial charge in [-0.25, -0.2) is 4.68 Å². The summed E-state index contributed by atoms with van der Waals surface area (Å²) in [5.74, 6) is -0.0322. The van der Waals surface area contributed by atoms with Crippen LogP contribution in [0.2, 0.25) is 0 Å². The molecule has 0 atom stereocenters. The van der Waals surface area contributed by atoms with E-state index in [9.17, 15) is 9.59 Å². The smallest absolute Gasteiger partial charge is 0.291 e. The fourth-order valence-corrected chi connectivity index (χ4v) is 2.43. The maximum atomic E-state index is 12.3. The van der Waals surface area contributed by atoms with E-state index in [1.165, 1.54) is 4.68 Å². The van der Waals surface area contributed by atoms with Crippen LogP contribution in [0.15, 0.2) is 33.9 Å². The Morgan fingerprint density at radius 1 is 1.43 bits per heavy atom. The van der Waals surface area contributed by atoms with Gasteiger partial charge in [-0.2, -0.15) is 5.10 Å². The van der Waals surface area contributed by atoms with Crippen LogP contribution < -0.4 is 10.9 Å². The van der Waals surface area contributed by atoms with Gasteiger partial charge in [0.25, 0.3) is 5.56 Å². The number of nitrogens with zero attached hydrogens (tertiary/aromatic N) is 3. The van der Waals surface area contributed by atoms with Crippen molar-refractivity contribution in [3.63, 3.8) is 0 Å². The third-order valence-corrected chi connectivity index (χ3v) is 3.71. The lowest BCUT2D eigenvalue weighted by atomic mass is 10.4. The number of hydrogen-bond acceptors (Lipinski definition) is 4. The van der Waals surface area contributed by atoms with E-state index in [-0.39, 0.29) is 24.4 Å². The van der Waals surface area contributed by atoms with E-state index < -0.39 is 0 Å². The third-order valence-electron chi connectivity index (χ3n) is 3.71. The number of aryl methyl sites for hydroxylation is 1. The van der Waals surface area contributed by atoms with Crippen molar-refractivity contribution in [3.05, 3.63) is 35.1 Å². The number of hydrogen-bond donors (Lipinski definition) is 1. The molecule has 0 unspecified atom stereocenters. The second kappa shape index (κ2) is 4.47. The first-order chi connectivity index (χ1) is 10.2. The van der Waals surface area contributed by atoms with Crippen LogP contribution >= 0.6 is 0 Å². The van der Waals surface area contributed by atoms with Crippen LogP contribution in [0.5, 0.6) is 0 Å². The number of carbonyl (C=O) groups is 1. The molecule has 1 amide bonds. The summed E-state index contributed by atoms with van der Waals surface area (Å²) in [7, 11) is 0. The quantitative estimate of drug-likeness (QED) is 0.773. The highest BCUT2D eigenvalue weighted by atomic mass is 16.3. The van der Waals surface area contributed by atoms with Crippen LogP contribution in [0.25, 0.3) is 16.6 Å². The summed E-state index contributed by atoms with van der Waals surface area (Å²) in [5.41, 5.74) is 1.75. The largest absolute Gasteiger partial charge is 0.463 e. The standard InChI is InChI=1S/C14H14N4O3/c19-13(16-9-1-2-9)3-5-18-14(20)11-7-12-10(4-6-21-12)17(11)8-15-18/h4,6-9H,1-3,5H2,(H,16,19). The van der Waals surface area contributed by atoms with E-state index in [1.54, 1.807) is 29.1 Å². The van der Waals surface area contributed by atoms with Gasteiger partial charge in [0.05, 0.1) is 18.3 Å². The third kappa shape index (κ3) is 2.10. The van der Waals surface area contributed by atoms with Crippen molar-refractivity contribution in [2.75, 3.05) is 0 Å². The minimum Gasteiger partial charge on any atom is -0.463 e. The molecule has 3 aromatic rings. The first kappa shape index (κ1) is 12.2. The fraction of sp³-hybridized carbons (Fsp3) is 0.357. The van der Waals surface area contributed by atoms with Gasteiger partial charge in [0.15, 0.2) is 5.58 Å². The average Bonchev–Trinajstić information content (AvgIpc) is 3.02. The SMILES string of the molecule is O=C(CCn1ncn2c(cc3occc32)c1=O)NC1CC1. The Bertz CT molecular complexity index is 885. The lowest BCUT2D eigenvalue weighted by Gasteiger charge is -2.05. The van der Waals surface area contributed by atoms with Gasteiger partial charge in [0, 0.05) is 24.6 Å². The Labute approximate surface area is 119 Å². The highest BCUT2D eigenvalue weighted by molar-refractivity contribution is 5.81. The van der Waals surface area contributed by atoms with E-state index in [2.05, 4.69) is 10.4 Å². The molecule has 0 saturated heterocycles. The predicted molar refractivity (Wildman–Crippen MR) is 75.0 cm³/mol. The van der Waals surface area contributed by atoms with E-state index in [0.29, 0.717) is 17.1 Å². The zero-order chi connectivity index (χ0) is 14.4. The van der Waals surface area contributed by atoms with E-state index >= 15 is 0 Å². The van der Waals surface area contributed by atoms with Gasteiger partial charge >= 0.3 is 0 Å². The van der Waals surface area contributed by atoms with Crippen LogP contribution in [0.4, 0.5) is 0 Å². The minimum absolute atomic E-state index is 0.0322. The zero-order valence-corrected chi connectivity index (χ0v) is 11.3. The molecule has 4 rings (SSSR count). The first-order valence-corrected chi connectivity index (χ1v) is 6.96. The van der Waals surface area contributed by atoms with Crippen LogP contribution in [0.3, 0.4) is 0 Å². The predicted octanol–water partition coefficient (Wildman–Crippen LogP) is 0.911. The highest BCUT2D eigenvalue weighted by Crippen LogP contribution is 2.19. The van der Waals surface area contributed by atoms with Crippen LogP contribution in [-0.2, 0) is 11.3 Å². The number of furan rings is 1. The van der Waals surface area contributed by atoms with Gasteiger partial charge in [-0.3, -0.25) is 14.0 Å². The molecule has 21 heavy (non-hydrogen) atoms. The van der Waals surface area contributed by atoms with Crippen molar-refractivity contribution in [2.45, 2.75) is 31.8 Å². The molecule has 0 spiro atoms. The highest BCUT2D eigenvalue weighted by Gasteiger charge is 2.23. The average molecular weight is 286 g/mol. The Morgan fingerprint density at radius 3 is 3.10 bits per heavy atom. The molecule has 3 aromatic heterocycles. The molecule has 0 bridgehead atoms. The lowest BCUT2D eigenvalue weighted by molar-refractivity contribution is -0.121. The van der Waals surface area contributed by atoms with Crippen molar-refractivity contribution in [1.29, 1.82) is 0 Å². The van der Waals surface area contributed by atoms with Crippen molar-refractivity contribution in [3.8, 4) is 0 Å². The van der Waals surface area contributed by atoms with Gasteiger partial charge in [-0.05, 0) is 12.8 Å². The zero-order valence-electron chi connectivity index (χ0n) is 11.3. The number of amides is 1. The van der Waals surface area contributed by atoms with Crippen molar-refractivity contribution in [2.24, 2.45) is 0 Å². The molecule has 1 N–H and O–H groups in total. The van der Waals surface area contributed by atoms with Gasteiger partial charge < -0.3 is 9.73 Å². The van der Waals surface area contributed by atoms with Gasteiger partial charge in [-0.15, -0.1) is 0 Å². The van der Waals surface area contributed by atoms with Crippen molar-refractivity contribution in [1.82, 2.24) is 19.5 Å². The Morgan fingerprint density at radius 2 is 2.29 bits per heavy atom. The Hall–Kier alpha value is -2.57. The number of fused-ring (bicyclic) bond motifs is 3. The molecule has 0 aromatic carbocycles. The molecule has 0 radical (unpaired) electrons. The molecule has 3 heterocycles. The summed E-state index contributed by atoms with van der Waals surface area (Å²) in [6, 6.07) is 3.82. The topological polar surface area (TPSA) is 81.5 Å². The van der Waals surface area contributed by atoms with E-state index in [0.717, 1.165) is 18.4 Å². The Balaban J connectivity index is 1.61. The van der Waals surface area contributed by atoms with Crippen molar-refractivity contribution >= 4 is 22.5 Å². The van der Waals surface area contributed by atoms with Crippen LogP contribution in [0, 0.1) is 0 Å². The fourth-order valence-electron chi connectivity index (χ4n) is 2.43. The normalized spacial score (nSPS) is 14.9. The number of rotatable bonds is 4. The molecule has 1 aliphatic carbocycles. The molecular formula is C14H14N4O3. The molecule has 1 aliphatic rings. The lowest BCUT2D eigenvalue weighted by Crippen LogP contribution is -2.30. The molecule has 1 fully saturated rings. The number of nitrogens with one attached hydrogen (secondary N) is 1. The molecule has 108 valence electrons. The Kier molecular flexibility index (Phi) is 2.60. The van der Waals surface area contributed by atoms with Gasteiger partial charge in [0.1, 0.15) is 11.8 Å². The minimum atomic E-state index is -0.219. The summed E-state index contributed by atoms with van der Waals surface area (Å²) < 4.78 is 8.30. The monoisotopic (exact) mass is 286 g/mol. The summed E-state index contributed by atoms with van der Waals surface area (Å²) >= 11 is 0. The maximum Gasteiger partial charge on any atom is 0.291 e.